The van der Waals surface area contributed by atoms with Crippen LogP contribution in [0.15, 0.2) is 24.3 Å². The van der Waals surface area contributed by atoms with Gasteiger partial charge in [-0.15, -0.1) is 0 Å². The first kappa shape index (κ1) is 13.7. The maximum atomic E-state index is 11.9. The molecule has 1 rings (SSSR count). The molecule has 1 N–H and O–H groups in total. The van der Waals surface area contributed by atoms with E-state index in [0.717, 1.165) is 5.75 Å². The molecule has 1 atom stereocenters. The SMILES string of the molecule is CCC(CO)C(=O)c1ccc(OC(C)C)cc1. The van der Waals surface area contributed by atoms with Gasteiger partial charge in [0.15, 0.2) is 5.78 Å². The summed E-state index contributed by atoms with van der Waals surface area (Å²) in [5.74, 6) is 0.451. The summed E-state index contributed by atoms with van der Waals surface area (Å²) in [4.78, 5) is 11.9. The summed E-state index contributed by atoms with van der Waals surface area (Å²) in [5, 5.41) is 9.09. The van der Waals surface area contributed by atoms with Gasteiger partial charge in [0.2, 0.25) is 0 Å². The van der Waals surface area contributed by atoms with E-state index in [1.807, 2.05) is 20.8 Å². The fourth-order valence-corrected chi connectivity index (χ4v) is 1.60. The summed E-state index contributed by atoms with van der Waals surface area (Å²) in [6.07, 6.45) is 0.775. The number of benzene rings is 1. The minimum absolute atomic E-state index is 0.00824. The average molecular weight is 236 g/mol. The number of rotatable bonds is 6. The predicted octanol–water partition coefficient (Wildman–Crippen LogP) is 2.68. The highest BCUT2D eigenvalue weighted by Crippen LogP contribution is 2.17. The molecule has 0 bridgehead atoms. The van der Waals surface area contributed by atoms with Crippen LogP contribution >= 0.6 is 0 Å². The number of carbonyl (C=O) groups excluding carboxylic acids is 1. The van der Waals surface area contributed by atoms with Crippen molar-refractivity contribution >= 4 is 5.78 Å². The van der Waals surface area contributed by atoms with Gasteiger partial charge in [-0.3, -0.25) is 4.79 Å². The first-order valence-electron chi connectivity index (χ1n) is 6.00. The van der Waals surface area contributed by atoms with Gasteiger partial charge in [0, 0.05) is 11.5 Å². The third-order valence-electron chi connectivity index (χ3n) is 2.59. The van der Waals surface area contributed by atoms with E-state index in [4.69, 9.17) is 9.84 Å². The van der Waals surface area contributed by atoms with Crippen LogP contribution in [0.5, 0.6) is 5.75 Å². The lowest BCUT2D eigenvalue weighted by molar-refractivity contribution is 0.0856. The number of Topliss-reactive ketones (excluding diaryl/α,β-unsaturated/α-hetero) is 1. The van der Waals surface area contributed by atoms with Crippen LogP contribution in [-0.4, -0.2) is 23.6 Å². The first-order chi connectivity index (χ1) is 8.08. The molecule has 0 amide bonds. The molecule has 3 nitrogen and oxygen atoms in total. The standard InChI is InChI=1S/C14H20O3/c1-4-11(9-15)14(16)12-5-7-13(8-6-12)17-10(2)3/h5-8,10-11,15H,4,9H2,1-3H3. The molecule has 1 aromatic carbocycles. The van der Waals surface area contributed by atoms with Crippen molar-refractivity contribution in [1.82, 2.24) is 0 Å². The van der Waals surface area contributed by atoms with Crippen LogP contribution in [0.2, 0.25) is 0 Å². The van der Waals surface area contributed by atoms with Crippen molar-refractivity contribution < 1.29 is 14.6 Å². The van der Waals surface area contributed by atoms with Crippen LogP contribution in [0, 0.1) is 5.92 Å². The number of hydrogen-bond donors (Lipinski definition) is 1. The van der Waals surface area contributed by atoms with E-state index in [1.165, 1.54) is 0 Å². The van der Waals surface area contributed by atoms with E-state index in [0.29, 0.717) is 12.0 Å². The maximum Gasteiger partial charge on any atom is 0.168 e. The minimum atomic E-state index is -0.299. The molecule has 0 aliphatic rings. The van der Waals surface area contributed by atoms with E-state index in [1.54, 1.807) is 24.3 Å². The molecule has 0 aromatic heterocycles. The summed E-state index contributed by atoms with van der Waals surface area (Å²) in [7, 11) is 0. The minimum Gasteiger partial charge on any atom is -0.491 e. The zero-order valence-corrected chi connectivity index (χ0v) is 10.6. The second-order valence-electron chi connectivity index (χ2n) is 4.34. The summed E-state index contributed by atoms with van der Waals surface area (Å²) in [6, 6.07) is 7.07. The van der Waals surface area contributed by atoms with Gasteiger partial charge >= 0.3 is 0 Å². The van der Waals surface area contributed by atoms with Gasteiger partial charge in [-0.05, 0) is 44.5 Å². The van der Waals surface area contributed by atoms with Crippen molar-refractivity contribution in [3.05, 3.63) is 29.8 Å². The molecule has 17 heavy (non-hydrogen) atoms. The molecule has 0 aliphatic heterocycles. The van der Waals surface area contributed by atoms with E-state index < -0.39 is 0 Å². The van der Waals surface area contributed by atoms with Crippen molar-refractivity contribution in [3.63, 3.8) is 0 Å². The van der Waals surface area contributed by atoms with Crippen LogP contribution in [0.3, 0.4) is 0 Å². The van der Waals surface area contributed by atoms with Gasteiger partial charge in [-0.1, -0.05) is 6.92 Å². The smallest absolute Gasteiger partial charge is 0.168 e. The Morgan fingerprint density at radius 3 is 2.29 bits per heavy atom. The molecule has 0 saturated carbocycles. The second kappa shape index (κ2) is 6.40. The van der Waals surface area contributed by atoms with Gasteiger partial charge < -0.3 is 9.84 Å². The Bertz CT molecular complexity index is 350. The lowest BCUT2D eigenvalue weighted by Crippen LogP contribution is -2.17. The number of ether oxygens (including phenoxy) is 1. The van der Waals surface area contributed by atoms with E-state index in [2.05, 4.69) is 0 Å². The topological polar surface area (TPSA) is 46.5 Å². The van der Waals surface area contributed by atoms with E-state index >= 15 is 0 Å². The van der Waals surface area contributed by atoms with E-state index in [9.17, 15) is 4.79 Å². The molecule has 1 unspecified atom stereocenters. The molecule has 0 aliphatic carbocycles. The third-order valence-corrected chi connectivity index (χ3v) is 2.59. The molecule has 3 heteroatoms. The molecule has 0 heterocycles. The highest BCUT2D eigenvalue weighted by Gasteiger charge is 2.17. The Morgan fingerprint density at radius 2 is 1.88 bits per heavy atom. The molecule has 0 spiro atoms. The zero-order chi connectivity index (χ0) is 12.8. The first-order valence-corrected chi connectivity index (χ1v) is 6.00. The largest absolute Gasteiger partial charge is 0.491 e. The van der Waals surface area contributed by atoms with Gasteiger partial charge in [0.1, 0.15) is 5.75 Å². The Labute approximate surface area is 102 Å². The van der Waals surface area contributed by atoms with Crippen LogP contribution in [0.4, 0.5) is 0 Å². The van der Waals surface area contributed by atoms with Crippen LogP contribution in [0.1, 0.15) is 37.6 Å². The maximum absolute atomic E-state index is 11.9. The molecule has 0 fully saturated rings. The molecule has 94 valence electrons. The number of aliphatic hydroxyl groups is 1. The predicted molar refractivity (Wildman–Crippen MR) is 67.4 cm³/mol. The third kappa shape index (κ3) is 3.86. The Morgan fingerprint density at radius 1 is 1.29 bits per heavy atom. The number of carbonyl (C=O) groups is 1. The van der Waals surface area contributed by atoms with Crippen LogP contribution in [0.25, 0.3) is 0 Å². The fraction of sp³-hybridized carbons (Fsp3) is 0.500. The highest BCUT2D eigenvalue weighted by molar-refractivity contribution is 5.98. The Hall–Kier alpha value is -1.35. The quantitative estimate of drug-likeness (QED) is 0.772. The Kier molecular flexibility index (Phi) is 5.16. The number of aliphatic hydroxyl groups excluding tert-OH is 1. The van der Waals surface area contributed by atoms with Gasteiger partial charge in [-0.2, -0.15) is 0 Å². The molecule has 1 aromatic rings. The lowest BCUT2D eigenvalue weighted by Gasteiger charge is -2.12. The van der Waals surface area contributed by atoms with Gasteiger partial charge in [0.25, 0.3) is 0 Å². The van der Waals surface area contributed by atoms with Crippen molar-refractivity contribution in [2.75, 3.05) is 6.61 Å². The normalized spacial score (nSPS) is 12.5. The van der Waals surface area contributed by atoms with Crippen molar-refractivity contribution in [1.29, 1.82) is 0 Å². The van der Waals surface area contributed by atoms with Crippen molar-refractivity contribution in [2.45, 2.75) is 33.3 Å². The van der Waals surface area contributed by atoms with E-state index in [-0.39, 0.29) is 24.4 Å². The summed E-state index contributed by atoms with van der Waals surface area (Å²) < 4.78 is 5.50. The lowest BCUT2D eigenvalue weighted by atomic mass is 9.96. The van der Waals surface area contributed by atoms with Crippen LogP contribution < -0.4 is 4.74 Å². The van der Waals surface area contributed by atoms with Crippen molar-refractivity contribution in [2.24, 2.45) is 5.92 Å². The Balaban J connectivity index is 2.76. The molecular formula is C14H20O3. The van der Waals surface area contributed by atoms with Crippen molar-refractivity contribution in [3.8, 4) is 5.75 Å². The zero-order valence-electron chi connectivity index (χ0n) is 10.6. The second-order valence-corrected chi connectivity index (χ2v) is 4.34. The molecule has 0 saturated heterocycles. The summed E-state index contributed by atoms with van der Waals surface area (Å²) in [6.45, 7) is 5.71. The molecule has 0 radical (unpaired) electrons. The average Bonchev–Trinajstić information content (AvgIpc) is 2.30. The highest BCUT2D eigenvalue weighted by atomic mass is 16.5. The van der Waals surface area contributed by atoms with Crippen LogP contribution in [-0.2, 0) is 0 Å². The molecular weight excluding hydrogens is 216 g/mol. The number of hydrogen-bond acceptors (Lipinski definition) is 3. The fourth-order valence-electron chi connectivity index (χ4n) is 1.60. The number of ketones is 1. The van der Waals surface area contributed by atoms with Gasteiger partial charge in [-0.25, -0.2) is 0 Å². The monoisotopic (exact) mass is 236 g/mol. The van der Waals surface area contributed by atoms with Gasteiger partial charge in [0.05, 0.1) is 12.7 Å². The summed E-state index contributed by atoms with van der Waals surface area (Å²) >= 11 is 0. The summed E-state index contributed by atoms with van der Waals surface area (Å²) in [5.41, 5.74) is 0.627.